The molecule has 0 unspecified atom stereocenters. The van der Waals surface area contributed by atoms with Gasteiger partial charge in [-0.05, 0) is 0 Å². The standard InChI is InChI=1S/C5H3N2/c6-3-5-1-2-7-4-5/h2,4,7H. The van der Waals surface area contributed by atoms with E-state index < -0.39 is 0 Å². The number of H-pyrrole nitrogens is 1. The van der Waals surface area contributed by atoms with Gasteiger partial charge < -0.3 is 4.98 Å². The van der Waals surface area contributed by atoms with Gasteiger partial charge in [-0.3, -0.25) is 0 Å². The maximum absolute atomic E-state index is 8.13. The minimum atomic E-state index is 0.556. The van der Waals surface area contributed by atoms with Crippen LogP contribution in [0.3, 0.4) is 0 Å². The molecule has 0 aromatic carbocycles. The van der Waals surface area contributed by atoms with Gasteiger partial charge >= 0.3 is 0 Å². The Morgan fingerprint density at radius 2 is 2.71 bits per heavy atom. The summed E-state index contributed by atoms with van der Waals surface area (Å²) in [4.78, 5) is 2.70. The normalized spacial score (nSPS) is 7.86. The van der Waals surface area contributed by atoms with E-state index in [1.165, 1.54) is 0 Å². The van der Waals surface area contributed by atoms with Gasteiger partial charge in [-0.15, -0.1) is 0 Å². The van der Waals surface area contributed by atoms with Crippen LogP contribution < -0.4 is 0 Å². The van der Waals surface area contributed by atoms with Crippen molar-refractivity contribution in [3.8, 4) is 6.07 Å². The van der Waals surface area contributed by atoms with Crippen LogP contribution in [-0.2, 0) is 0 Å². The molecular weight excluding hydrogens is 88.1 g/mol. The number of aromatic nitrogens is 1. The third-order valence-electron chi connectivity index (χ3n) is 0.659. The van der Waals surface area contributed by atoms with E-state index in [0.29, 0.717) is 5.56 Å². The Kier molecular flexibility index (Phi) is 0.833. The molecular formula is C5H3N2. The molecule has 0 aliphatic carbocycles. The zero-order chi connectivity index (χ0) is 5.11. The molecule has 0 atom stereocenters. The number of nitriles is 1. The second-order valence-electron chi connectivity index (χ2n) is 1.13. The molecule has 0 saturated carbocycles. The highest BCUT2D eigenvalue weighted by Gasteiger charge is 1.82. The summed E-state index contributed by atoms with van der Waals surface area (Å²) in [5, 5.41) is 8.13. The predicted octanol–water partition coefficient (Wildman–Crippen LogP) is 0.687. The van der Waals surface area contributed by atoms with E-state index >= 15 is 0 Å². The summed E-state index contributed by atoms with van der Waals surface area (Å²) in [5.41, 5.74) is 0.556. The fourth-order valence-corrected chi connectivity index (χ4v) is 0.351. The van der Waals surface area contributed by atoms with Gasteiger partial charge in [-0.2, -0.15) is 5.26 Å². The van der Waals surface area contributed by atoms with Crippen molar-refractivity contribution in [2.75, 3.05) is 0 Å². The van der Waals surface area contributed by atoms with Crippen molar-refractivity contribution in [2.24, 2.45) is 0 Å². The highest BCUT2D eigenvalue weighted by atomic mass is 14.6. The summed E-state index contributed by atoms with van der Waals surface area (Å²) in [7, 11) is 0. The molecule has 1 radical (unpaired) electrons. The number of nitrogens with one attached hydrogen (secondary N) is 1. The SMILES string of the molecule is N#Cc1[c]c[nH]c1. The second-order valence-corrected chi connectivity index (χ2v) is 1.13. The Labute approximate surface area is 41.4 Å². The molecule has 2 heteroatoms. The van der Waals surface area contributed by atoms with Gasteiger partial charge in [-0.25, -0.2) is 0 Å². The summed E-state index contributed by atoms with van der Waals surface area (Å²) in [6, 6.07) is 4.59. The molecule has 1 rings (SSSR count). The van der Waals surface area contributed by atoms with E-state index in [0.717, 1.165) is 0 Å². The number of aromatic amines is 1. The Balaban J connectivity index is 3.04. The van der Waals surface area contributed by atoms with Crippen molar-refractivity contribution in [3.05, 3.63) is 24.0 Å². The van der Waals surface area contributed by atoms with Crippen LogP contribution >= 0.6 is 0 Å². The maximum atomic E-state index is 8.13. The Morgan fingerprint density at radius 1 is 1.86 bits per heavy atom. The first kappa shape index (κ1) is 3.94. The molecule has 0 aliphatic heterocycles. The lowest BCUT2D eigenvalue weighted by Gasteiger charge is -1.61. The lowest BCUT2D eigenvalue weighted by atomic mass is 10.4. The second kappa shape index (κ2) is 1.48. The first-order valence-corrected chi connectivity index (χ1v) is 1.88. The van der Waals surface area contributed by atoms with Crippen molar-refractivity contribution in [1.29, 1.82) is 5.26 Å². The summed E-state index contributed by atoms with van der Waals surface area (Å²) in [6.45, 7) is 0. The fraction of sp³-hybridized carbons (Fsp3) is 0. The average Bonchev–Trinajstić information content (AvgIpc) is 2.14. The van der Waals surface area contributed by atoms with Crippen LogP contribution in [0, 0.1) is 17.4 Å². The molecule has 1 aromatic heterocycles. The monoisotopic (exact) mass is 91.0 g/mol. The summed E-state index contributed by atoms with van der Waals surface area (Å²) in [5.74, 6) is 0. The Hall–Kier alpha value is -1.23. The van der Waals surface area contributed by atoms with Gasteiger partial charge in [0.25, 0.3) is 0 Å². The molecule has 0 saturated heterocycles. The highest BCUT2D eigenvalue weighted by Crippen LogP contribution is 1.88. The number of hydrogen-bond acceptors (Lipinski definition) is 1. The van der Waals surface area contributed by atoms with Gasteiger partial charge in [0, 0.05) is 18.5 Å². The first-order valence-electron chi connectivity index (χ1n) is 1.88. The minimum absolute atomic E-state index is 0.556. The van der Waals surface area contributed by atoms with Gasteiger partial charge in [-0.1, -0.05) is 0 Å². The fourth-order valence-electron chi connectivity index (χ4n) is 0.351. The average molecular weight is 91.1 g/mol. The van der Waals surface area contributed by atoms with E-state index in [9.17, 15) is 0 Å². The minimum Gasteiger partial charge on any atom is -0.366 e. The van der Waals surface area contributed by atoms with E-state index in [4.69, 9.17) is 5.26 Å². The van der Waals surface area contributed by atoms with Crippen molar-refractivity contribution in [1.82, 2.24) is 4.98 Å². The van der Waals surface area contributed by atoms with E-state index in [2.05, 4.69) is 11.1 Å². The van der Waals surface area contributed by atoms with E-state index in [-0.39, 0.29) is 0 Å². The molecule has 0 amide bonds. The number of rotatable bonds is 0. The quantitative estimate of drug-likeness (QED) is 0.501. The zero-order valence-electron chi connectivity index (χ0n) is 3.60. The van der Waals surface area contributed by atoms with Crippen LogP contribution in [0.4, 0.5) is 0 Å². The molecule has 1 N–H and O–H groups in total. The van der Waals surface area contributed by atoms with Gasteiger partial charge in [0.15, 0.2) is 0 Å². The third kappa shape index (κ3) is 0.606. The van der Waals surface area contributed by atoms with Crippen LogP contribution in [0.1, 0.15) is 5.56 Å². The van der Waals surface area contributed by atoms with Crippen molar-refractivity contribution < 1.29 is 0 Å². The predicted molar refractivity (Wildman–Crippen MR) is 24.3 cm³/mol. The van der Waals surface area contributed by atoms with Gasteiger partial charge in [0.1, 0.15) is 6.07 Å². The Morgan fingerprint density at radius 3 is 3.00 bits per heavy atom. The summed E-state index contributed by atoms with van der Waals surface area (Å²) < 4.78 is 0. The van der Waals surface area contributed by atoms with Crippen LogP contribution in [0.5, 0.6) is 0 Å². The first-order chi connectivity index (χ1) is 3.43. The van der Waals surface area contributed by atoms with Gasteiger partial charge in [0.2, 0.25) is 0 Å². The summed E-state index contributed by atoms with van der Waals surface area (Å²) >= 11 is 0. The molecule has 0 spiro atoms. The molecule has 1 heterocycles. The molecule has 7 heavy (non-hydrogen) atoms. The number of nitrogens with zero attached hydrogens (tertiary/aromatic N) is 1. The zero-order valence-corrected chi connectivity index (χ0v) is 3.60. The van der Waals surface area contributed by atoms with Crippen molar-refractivity contribution >= 4 is 0 Å². The molecule has 0 bridgehead atoms. The molecule has 1 aromatic rings. The molecule has 33 valence electrons. The summed E-state index contributed by atoms with van der Waals surface area (Å²) in [6.07, 6.45) is 3.19. The third-order valence-corrected chi connectivity index (χ3v) is 0.659. The molecule has 0 aliphatic rings. The smallest absolute Gasteiger partial charge is 0.101 e. The lowest BCUT2D eigenvalue weighted by Crippen LogP contribution is -1.57. The van der Waals surface area contributed by atoms with Crippen molar-refractivity contribution in [2.45, 2.75) is 0 Å². The number of hydrogen-bond donors (Lipinski definition) is 1. The van der Waals surface area contributed by atoms with Crippen LogP contribution in [0.15, 0.2) is 12.4 Å². The van der Waals surface area contributed by atoms with Crippen LogP contribution in [-0.4, -0.2) is 4.98 Å². The van der Waals surface area contributed by atoms with Crippen LogP contribution in [0.2, 0.25) is 0 Å². The van der Waals surface area contributed by atoms with E-state index in [1.807, 2.05) is 6.07 Å². The van der Waals surface area contributed by atoms with Gasteiger partial charge in [0.05, 0.1) is 5.56 Å². The topological polar surface area (TPSA) is 39.6 Å². The maximum Gasteiger partial charge on any atom is 0.101 e. The van der Waals surface area contributed by atoms with Crippen molar-refractivity contribution in [3.63, 3.8) is 0 Å². The largest absolute Gasteiger partial charge is 0.366 e. The molecule has 2 nitrogen and oxygen atoms in total. The van der Waals surface area contributed by atoms with E-state index in [1.54, 1.807) is 12.4 Å². The molecule has 0 fully saturated rings. The van der Waals surface area contributed by atoms with Crippen LogP contribution in [0.25, 0.3) is 0 Å². The highest BCUT2D eigenvalue weighted by molar-refractivity contribution is 5.22. The lowest BCUT2D eigenvalue weighted by molar-refractivity contribution is 1.40. The Bertz CT molecular complexity index is 168.